The van der Waals surface area contributed by atoms with E-state index in [-0.39, 0.29) is 0 Å². The van der Waals surface area contributed by atoms with Gasteiger partial charge in [-0.15, -0.1) is 10.2 Å². The maximum Gasteiger partial charge on any atom is 0.210 e. The van der Waals surface area contributed by atoms with Gasteiger partial charge in [-0.25, -0.2) is 9.97 Å². The quantitative estimate of drug-likeness (QED) is 0.405. The molecular formula is C23H17N5S. The number of hydrogen-bond donors (Lipinski definition) is 1. The molecule has 2 aromatic heterocycles. The minimum Gasteiger partial charge on any atom is -0.341 e. The molecule has 0 spiro atoms. The monoisotopic (exact) mass is 395 g/mol. The largest absolute Gasteiger partial charge is 0.341 e. The molecule has 0 aliphatic heterocycles. The number of thioether (sulfide) groups is 1. The van der Waals surface area contributed by atoms with E-state index in [0.717, 1.165) is 39.4 Å². The molecule has 1 N–H and O–H groups in total. The Hall–Kier alpha value is -3.51. The van der Waals surface area contributed by atoms with Crippen LogP contribution in [-0.2, 0) is 5.75 Å². The molecule has 5 rings (SSSR count). The zero-order chi connectivity index (χ0) is 19.5. The molecule has 5 aromatic rings. The van der Waals surface area contributed by atoms with E-state index >= 15 is 0 Å². The fourth-order valence-electron chi connectivity index (χ4n) is 3.17. The minimum atomic E-state index is 0.629. The van der Waals surface area contributed by atoms with Crippen molar-refractivity contribution in [3.05, 3.63) is 90.8 Å². The highest BCUT2D eigenvalue weighted by atomic mass is 32.2. The van der Waals surface area contributed by atoms with Gasteiger partial charge in [-0.3, -0.25) is 0 Å². The smallest absolute Gasteiger partial charge is 0.210 e. The first-order valence-electron chi connectivity index (χ1n) is 9.29. The molecule has 0 bridgehead atoms. The molecule has 0 atom stereocenters. The number of benzene rings is 3. The van der Waals surface area contributed by atoms with Gasteiger partial charge in [0.05, 0.1) is 16.8 Å². The first kappa shape index (κ1) is 17.6. The third-order valence-electron chi connectivity index (χ3n) is 4.54. The molecule has 0 saturated heterocycles. The molecule has 2 heterocycles. The van der Waals surface area contributed by atoms with E-state index in [9.17, 15) is 0 Å². The predicted molar refractivity (Wildman–Crippen MR) is 116 cm³/mol. The number of hydrogen-bond acceptors (Lipinski definition) is 5. The maximum absolute atomic E-state index is 4.84. The number of H-pyrrole nitrogens is 1. The Bertz CT molecular complexity index is 1220. The van der Waals surface area contributed by atoms with Gasteiger partial charge in [0.15, 0.2) is 0 Å². The Labute approximate surface area is 172 Å². The van der Waals surface area contributed by atoms with Gasteiger partial charge in [0, 0.05) is 11.1 Å². The predicted octanol–water partition coefficient (Wildman–Crippen LogP) is 5.37. The molecule has 0 aliphatic carbocycles. The van der Waals surface area contributed by atoms with Crippen LogP contribution in [-0.4, -0.2) is 25.1 Å². The van der Waals surface area contributed by atoms with E-state index in [1.165, 1.54) is 11.8 Å². The van der Waals surface area contributed by atoms with Crippen molar-refractivity contribution < 1.29 is 0 Å². The Kier molecular flexibility index (Phi) is 4.76. The standard InChI is InChI=1S/C23H17N5S/c1-3-9-16(10-4-1)21-22(17-11-5-2-6-12-17)27-28-23(26-21)29-15-20-24-18-13-7-8-14-19(18)25-20/h1-14H,15H2,(H,24,25). The second kappa shape index (κ2) is 7.85. The summed E-state index contributed by atoms with van der Waals surface area (Å²) in [6, 6.07) is 28.2. The summed E-state index contributed by atoms with van der Waals surface area (Å²) >= 11 is 1.52. The van der Waals surface area contributed by atoms with Crippen molar-refractivity contribution in [2.24, 2.45) is 0 Å². The molecule has 0 unspecified atom stereocenters. The maximum atomic E-state index is 4.84. The molecule has 0 aliphatic rings. The van der Waals surface area contributed by atoms with Gasteiger partial charge in [0.2, 0.25) is 5.16 Å². The van der Waals surface area contributed by atoms with Crippen molar-refractivity contribution in [3.8, 4) is 22.5 Å². The molecule has 0 amide bonds. The van der Waals surface area contributed by atoms with E-state index in [0.29, 0.717) is 10.9 Å². The van der Waals surface area contributed by atoms with Crippen LogP contribution in [0.2, 0.25) is 0 Å². The molecule has 0 saturated carbocycles. The van der Waals surface area contributed by atoms with Gasteiger partial charge in [-0.05, 0) is 12.1 Å². The Morgan fingerprint density at radius 1 is 0.655 bits per heavy atom. The number of nitrogens with zero attached hydrogens (tertiary/aromatic N) is 4. The number of rotatable bonds is 5. The van der Waals surface area contributed by atoms with Gasteiger partial charge in [0.1, 0.15) is 17.2 Å². The summed E-state index contributed by atoms with van der Waals surface area (Å²) in [5, 5.41) is 9.52. The van der Waals surface area contributed by atoms with Crippen LogP contribution in [0, 0.1) is 0 Å². The van der Waals surface area contributed by atoms with Gasteiger partial charge in [0.25, 0.3) is 0 Å². The first-order chi connectivity index (χ1) is 14.4. The lowest BCUT2D eigenvalue weighted by Gasteiger charge is -2.09. The first-order valence-corrected chi connectivity index (χ1v) is 10.3. The van der Waals surface area contributed by atoms with Crippen molar-refractivity contribution in [1.29, 1.82) is 0 Å². The fraction of sp³-hybridized carbons (Fsp3) is 0.0435. The lowest BCUT2D eigenvalue weighted by atomic mass is 10.0. The summed E-state index contributed by atoms with van der Waals surface area (Å²) in [5.41, 5.74) is 5.63. The number of nitrogens with one attached hydrogen (secondary N) is 1. The second-order valence-electron chi connectivity index (χ2n) is 6.51. The van der Waals surface area contributed by atoms with Crippen LogP contribution in [0.4, 0.5) is 0 Å². The number of fused-ring (bicyclic) bond motifs is 1. The SMILES string of the molecule is c1ccc(-c2nnc(SCc3nc4ccccc4[nH]3)nc2-c2ccccc2)cc1. The van der Waals surface area contributed by atoms with Crippen molar-refractivity contribution in [3.63, 3.8) is 0 Å². The zero-order valence-corrected chi connectivity index (χ0v) is 16.3. The van der Waals surface area contributed by atoms with Crippen LogP contribution in [0.25, 0.3) is 33.5 Å². The lowest BCUT2D eigenvalue weighted by Crippen LogP contribution is -1.99. The van der Waals surface area contributed by atoms with Gasteiger partial charge < -0.3 is 4.98 Å². The highest BCUT2D eigenvalue weighted by Crippen LogP contribution is 2.30. The van der Waals surface area contributed by atoms with Crippen LogP contribution in [0.3, 0.4) is 0 Å². The van der Waals surface area contributed by atoms with Crippen molar-refractivity contribution in [2.75, 3.05) is 0 Å². The summed E-state index contributed by atoms with van der Waals surface area (Å²) in [5.74, 6) is 1.54. The molecular weight excluding hydrogens is 378 g/mol. The topological polar surface area (TPSA) is 67.3 Å². The van der Waals surface area contributed by atoms with Gasteiger partial charge >= 0.3 is 0 Å². The van der Waals surface area contributed by atoms with Crippen LogP contribution in [0.5, 0.6) is 0 Å². The fourth-order valence-corrected chi connectivity index (χ4v) is 3.82. The number of aromatic nitrogens is 5. The number of para-hydroxylation sites is 2. The lowest BCUT2D eigenvalue weighted by molar-refractivity contribution is 0.849. The zero-order valence-electron chi connectivity index (χ0n) is 15.5. The Morgan fingerprint density at radius 3 is 2.03 bits per heavy atom. The Morgan fingerprint density at radius 2 is 1.31 bits per heavy atom. The summed E-state index contributed by atoms with van der Waals surface area (Å²) in [6.07, 6.45) is 0. The molecule has 0 fully saturated rings. The Balaban J connectivity index is 1.47. The average Bonchev–Trinajstić information content (AvgIpc) is 3.22. The van der Waals surface area contributed by atoms with Crippen molar-refractivity contribution in [2.45, 2.75) is 10.9 Å². The normalized spacial score (nSPS) is 11.0. The highest BCUT2D eigenvalue weighted by Gasteiger charge is 2.14. The van der Waals surface area contributed by atoms with Crippen LogP contribution in [0.15, 0.2) is 90.1 Å². The van der Waals surface area contributed by atoms with E-state index in [4.69, 9.17) is 4.98 Å². The second-order valence-corrected chi connectivity index (χ2v) is 7.46. The molecule has 6 heteroatoms. The third-order valence-corrected chi connectivity index (χ3v) is 5.39. The summed E-state index contributed by atoms with van der Waals surface area (Å²) in [6.45, 7) is 0. The molecule has 140 valence electrons. The number of aromatic amines is 1. The van der Waals surface area contributed by atoms with Crippen LogP contribution in [0.1, 0.15) is 5.82 Å². The van der Waals surface area contributed by atoms with E-state index < -0.39 is 0 Å². The molecule has 0 radical (unpaired) electrons. The van der Waals surface area contributed by atoms with Gasteiger partial charge in [-0.1, -0.05) is 84.6 Å². The van der Waals surface area contributed by atoms with E-state index in [1.807, 2.05) is 84.9 Å². The van der Waals surface area contributed by atoms with E-state index in [1.54, 1.807) is 0 Å². The van der Waals surface area contributed by atoms with Crippen molar-refractivity contribution in [1.82, 2.24) is 25.1 Å². The number of imidazole rings is 1. The molecule has 3 aromatic carbocycles. The van der Waals surface area contributed by atoms with Crippen molar-refractivity contribution >= 4 is 22.8 Å². The highest BCUT2D eigenvalue weighted by molar-refractivity contribution is 7.98. The third kappa shape index (κ3) is 3.75. The molecule has 5 nitrogen and oxygen atoms in total. The van der Waals surface area contributed by atoms with Crippen LogP contribution >= 0.6 is 11.8 Å². The average molecular weight is 395 g/mol. The van der Waals surface area contributed by atoms with Gasteiger partial charge in [-0.2, -0.15) is 0 Å². The van der Waals surface area contributed by atoms with Crippen LogP contribution < -0.4 is 0 Å². The summed E-state index contributed by atoms with van der Waals surface area (Å²) in [7, 11) is 0. The minimum absolute atomic E-state index is 0.629. The molecule has 29 heavy (non-hydrogen) atoms. The van der Waals surface area contributed by atoms with E-state index in [2.05, 4.69) is 20.2 Å². The summed E-state index contributed by atoms with van der Waals surface area (Å²) < 4.78 is 0. The summed E-state index contributed by atoms with van der Waals surface area (Å²) in [4.78, 5) is 12.8.